The van der Waals surface area contributed by atoms with Crippen molar-refractivity contribution >= 4 is 22.3 Å². The lowest BCUT2D eigenvalue weighted by Gasteiger charge is -2.04. The van der Waals surface area contributed by atoms with E-state index in [-0.39, 0.29) is 0 Å². The Kier molecular flexibility index (Phi) is 4.85. The van der Waals surface area contributed by atoms with Crippen LogP contribution in [-0.2, 0) is 30.8 Å². The van der Waals surface area contributed by atoms with Gasteiger partial charge in [-0.25, -0.2) is 8.42 Å². The second-order valence-corrected chi connectivity index (χ2v) is 3.10. The number of hydrogen-bond acceptors (Lipinski definition) is 4. The fourth-order valence-corrected chi connectivity index (χ4v) is 0.990. The highest BCUT2D eigenvalue weighted by Gasteiger charge is 2.33. The molecule has 5 nitrogen and oxygen atoms in total. The zero-order valence-electron chi connectivity index (χ0n) is 5.58. The Morgan fingerprint density at radius 1 is 1.33 bits per heavy atom. The molecular formula is C2H4F3NO4S2. The summed E-state index contributed by atoms with van der Waals surface area (Å²) in [4.78, 5) is 1.27. The molecule has 0 aliphatic carbocycles. The van der Waals surface area contributed by atoms with Gasteiger partial charge in [0.25, 0.3) is 11.3 Å². The molecule has 0 spiro atoms. The first-order valence-corrected chi connectivity index (χ1v) is 4.81. The average Bonchev–Trinajstić information content (AvgIpc) is 1.79. The topological polar surface area (TPSA) is 64.6 Å². The molecule has 0 aromatic rings. The Balaban J connectivity index is 3.68. The molecule has 0 fully saturated rings. The van der Waals surface area contributed by atoms with E-state index in [2.05, 4.69) is 8.47 Å². The average molecular weight is 227 g/mol. The van der Waals surface area contributed by atoms with Crippen LogP contribution in [0.1, 0.15) is 0 Å². The maximum absolute atomic E-state index is 11.2. The van der Waals surface area contributed by atoms with Gasteiger partial charge in [-0.15, -0.1) is 13.2 Å². The van der Waals surface area contributed by atoms with Crippen molar-refractivity contribution in [2.45, 2.75) is 6.36 Å². The van der Waals surface area contributed by atoms with Crippen molar-refractivity contribution in [3.8, 4) is 0 Å². The maximum atomic E-state index is 11.2. The molecule has 0 bridgehead atoms. The summed E-state index contributed by atoms with van der Waals surface area (Å²) in [5.74, 6) is 0. The van der Waals surface area contributed by atoms with Crippen LogP contribution in [0.4, 0.5) is 13.2 Å². The molecular weight excluding hydrogens is 223 g/mol. The normalized spacial score (nSPS) is 17.3. The molecule has 0 rings (SSSR count). The summed E-state index contributed by atoms with van der Waals surface area (Å²) in [7, 11) is 0. The highest BCUT2D eigenvalue weighted by molar-refractivity contribution is 7.81. The third kappa shape index (κ3) is 8.07. The first-order valence-electron chi connectivity index (χ1n) is 2.25. The predicted octanol–water partition coefficient (Wildman–Crippen LogP) is -0.0838. The van der Waals surface area contributed by atoms with Gasteiger partial charge in [0.2, 0.25) is 0 Å². The van der Waals surface area contributed by atoms with E-state index in [4.69, 9.17) is 0 Å². The van der Waals surface area contributed by atoms with Crippen LogP contribution in [-0.4, -0.2) is 21.0 Å². The number of halogens is 3. The number of alkyl halides is 3. The van der Waals surface area contributed by atoms with Crippen LogP contribution in [0.5, 0.6) is 0 Å². The van der Waals surface area contributed by atoms with Crippen LogP contribution in [0.3, 0.4) is 0 Å². The molecule has 10 heteroatoms. The fourth-order valence-electron chi connectivity index (χ4n) is 0.179. The standard InChI is InChI=1S/C2H4F3NO4S2/c1-11(7)10-6-12(8)9-2(3,4)5/h6H,1H3. The summed E-state index contributed by atoms with van der Waals surface area (Å²) in [5.41, 5.74) is 0. The molecule has 2 unspecified atom stereocenters. The summed E-state index contributed by atoms with van der Waals surface area (Å²) in [5, 5.41) is 0. The van der Waals surface area contributed by atoms with Crippen LogP contribution in [0.25, 0.3) is 0 Å². The molecule has 74 valence electrons. The van der Waals surface area contributed by atoms with Crippen molar-refractivity contribution in [1.82, 2.24) is 4.89 Å². The lowest BCUT2D eigenvalue weighted by Crippen LogP contribution is -2.26. The zero-order chi connectivity index (χ0) is 9.78. The van der Waals surface area contributed by atoms with Gasteiger partial charge in [-0.2, -0.15) is 8.47 Å². The predicted molar refractivity (Wildman–Crippen MR) is 33.6 cm³/mol. The lowest BCUT2D eigenvalue weighted by molar-refractivity contribution is -0.270. The van der Waals surface area contributed by atoms with Crippen molar-refractivity contribution in [2.75, 3.05) is 6.26 Å². The molecule has 0 aliphatic rings. The van der Waals surface area contributed by atoms with Crippen molar-refractivity contribution in [3.63, 3.8) is 0 Å². The summed E-state index contributed by atoms with van der Waals surface area (Å²) >= 11 is -4.77. The Labute approximate surface area is 70.6 Å². The summed E-state index contributed by atoms with van der Waals surface area (Å²) in [6, 6.07) is 0. The minimum absolute atomic E-state index is 1.03. The molecule has 12 heavy (non-hydrogen) atoms. The SMILES string of the molecule is CS(=O)ONS(=O)OC(F)(F)F. The minimum Gasteiger partial charge on any atom is -0.228 e. The monoisotopic (exact) mass is 227 g/mol. The number of nitrogens with one attached hydrogen (secondary N) is 1. The van der Waals surface area contributed by atoms with E-state index >= 15 is 0 Å². The van der Waals surface area contributed by atoms with Gasteiger partial charge in [0.15, 0.2) is 11.1 Å². The second kappa shape index (κ2) is 4.87. The van der Waals surface area contributed by atoms with E-state index in [1.54, 1.807) is 0 Å². The van der Waals surface area contributed by atoms with Crippen molar-refractivity contribution in [2.24, 2.45) is 0 Å². The van der Waals surface area contributed by atoms with E-state index in [0.29, 0.717) is 0 Å². The zero-order valence-corrected chi connectivity index (χ0v) is 7.22. The van der Waals surface area contributed by atoms with Gasteiger partial charge < -0.3 is 0 Å². The minimum atomic E-state index is -5.03. The Bertz CT molecular complexity index is 193. The van der Waals surface area contributed by atoms with Gasteiger partial charge in [-0.1, -0.05) is 4.89 Å². The van der Waals surface area contributed by atoms with Crippen LogP contribution >= 0.6 is 0 Å². The van der Waals surface area contributed by atoms with Crippen LogP contribution in [0.15, 0.2) is 0 Å². The Morgan fingerprint density at radius 3 is 2.17 bits per heavy atom. The molecule has 0 saturated heterocycles. The fraction of sp³-hybridized carbons (Fsp3) is 1.00. The number of hydrogen-bond donors (Lipinski definition) is 1. The van der Waals surface area contributed by atoms with Crippen LogP contribution in [0, 0.1) is 0 Å². The Morgan fingerprint density at radius 2 is 1.83 bits per heavy atom. The van der Waals surface area contributed by atoms with E-state index < -0.39 is 28.7 Å². The second-order valence-electron chi connectivity index (χ2n) is 1.33. The van der Waals surface area contributed by atoms with Crippen molar-refractivity contribution in [3.05, 3.63) is 0 Å². The summed E-state index contributed by atoms with van der Waals surface area (Å²) < 4.78 is 60.7. The first kappa shape index (κ1) is 12.0. The van der Waals surface area contributed by atoms with Gasteiger partial charge in [-0.3, -0.25) is 0 Å². The molecule has 0 aromatic heterocycles. The van der Waals surface area contributed by atoms with Gasteiger partial charge >= 0.3 is 6.36 Å². The largest absolute Gasteiger partial charge is 0.536 e. The van der Waals surface area contributed by atoms with E-state index in [1.807, 2.05) is 0 Å². The highest BCUT2D eigenvalue weighted by atomic mass is 32.2. The van der Waals surface area contributed by atoms with Crippen molar-refractivity contribution in [1.29, 1.82) is 0 Å². The molecule has 1 N–H and O–H groups in total. The van der Waals surface area contributed by atoms with Gasteiger partial charge in [-0.05, 0) is 0 Å². The first-order chi connectivity index (χ1) is 5.31. The molecule has 2 atom stereocenters. The number of rotatable bonds is 4. The summed E-state index contributed by atoms with van der Waals surface area (Å²) in [6.07, 6.45) is -4.01. The van der Waals surface area contributed by atoms with Crippen LogP contribution < -0.4 is 4.89 Å². The highest BCUT2D eigenvalue weighted by Crippen LogP contribution is 2.16. The molecule has 0 aromatic carbocycles. The molecule has 0 amide bonds. The van der Waals surface area contributed by atoms with E-state index in [9.17, 15) is 21.6 Å². The summed E-state index contributed by atoms with van der Waals surface area (Å²) in [6.45, 7) is 0. The molecule has 0 heterocycles. The van der Waals surface area contributed by atoms with Gasteiger partial charge in [0.1, 0.15) is 0 Å². The maximum Gasteiger partial charge on any atom is 0.536 e. The Hall–Kier alpha value is -0.0300. The molecule has 0 aliphatic heterocycles. The smallest absolute Gasteiger partial charge is 0.228 e. The quantitative estimate of drug-likeness (QED) is 0.682. The van der Waals surface area contributed by atoms with Gasteiger partial charge in [0.05, 0.1) is 0 Å². The molecule has 0 saturated carbocycles. The molecule has 0 radical (unpaired) electrons. The van der Waals surface area contributed by atoms with Crippen molar-refractivity contribution < 1.29 is 30.1 Å². The third-order valence-electron chi connectivity index (χ3n) is 0.390. The lowest BCUT2D eigenvalue weighted by atomic mass is 11.4. The van der Waals surface area contributed by atoms with Crippen LogP contribution in [0.2, 0.25) is 0 Å². The van der Waals surface area contributed by atoms with E-state index in [1.165, 1.54) is 4.89 Å². The van der Waals surface area contributed by atoms with Gasteiger partial charge in [0, 0.05) is 6.26 Å². The third-order valence-corrected chi connectivity index (χ3v) is 1.37. The van der Waals surface area contributed by atoms with E-state index in [0.717, 1.165) is 6.26 Å².